The fraction of sp³-hybridized carbons (Fsp3) is 0.250. The Kier molecular flexibility index (Phi) is 5.96. The number of nitrogens with zero attached hydrogens (tertiary/aromatic N) is 6. The van der Waals surface area contributed by atoms with Crippen molar-refractivity contribution in [3.63, 3.8) is 0 Å². The number of tetrazole rings is 1. The highest BCUT2D eigenvalue weighted by Crippen LogP contribution is 2.28. The first-order valence-corrected chi connectivity index (χ1v) is 11.2. The van der Waals surface area contributed by atoms with E-state index in [9.17, 15) is 4.79 Å². The van der Waals surface area contributed by atoms with Gasteiger partial charge in [-0.1, -0.05) is 23.9 Å². The lowest BCUT2D eigenvalue weighted by Gasteiger charge is -2.10. The Morgan fingerprint density at radius 3 is 2.87 bits per heavy atom. The van der Waals surface area contributed by atoms with Gasteiger partial charge in [0, 0.05) is 28.5 Å². The van der Waals surface area contributed by atoms with Gasteiger partial charge in [0.15, 0.2) is 10.9 Å². The molecule has 3 aromatic heterocycles. The molecule has 30 heavy (non-hydrogen) atoms. The second-order valence-electron chi connectivity index (χ2n) is 6.42. The van der Waals surface area contributed by atoms with E-state index in [1.165, 1.54) is 23.1 Å². The first-order valence-electron chi connectivity index (χ1n) is 9.35. The van der Waals surface area contributed by atoms with Gasteiger partial charge in [0.2, 0.25) is 5.16 Å². The maximum absolute atomic E-state index is 13.0. The van der Waals surface area contributed by atoms with Crippen LogP contribution in [0, 0.1) is 13.8 Å². The van der Waals surface area contributed by atoms with Crippen molar-refractivity contribution in [3.05, 3.63) is 58.9 Å². The van der Waals surface area contributed by atoms with E-state index in [1.807, 2.05) is 61.1 Å². The van der Waals surface area contributed by atoms with Crippen LogP contribution in [-0.4, -0.2) is 47.9 Å². The van der Waals surface area contributed by atoms with E-state index in [-0.39, 0.29) is 11.5 Å². The van der Waals surface area contributed by atoms with Crippen LogP contribution in [0.5, 0.6) is 5.75 Å². The van der Waals surface area contributed by atoms with Gasteiger partial charge < -0.3 is 4.74 Å². The van der Waals surface area contributed by atoms with Crippen molar-refractivity contribution in [2.24, 2.45) is 0 Å². The molecule has 0 aliphatic rings. The molecule has 0 unspecified atom stereocenters. The number of ether oxygens (including phenoxy) is 1. The Bertz CT molecular complexity index is 1170. The molecule has 0 atom stereocenters. The molecule has 0 radical (unpaired) electrons. The van der Waals surface area contributed by atoms with Gasteiger partial charge in [0.25, 0.3) is 0 Å². The molecule has 0 fully saturated rings. The zero-order valence-electron chi connectivity index (χ0n) is 16.8. The standard InChI is InChI=1S/C20H20N6O2S2/c1-4-28-18-8-6-5-7-16(18)26-20(22-23-24-26)30-12-17(27)15-11-13(2)25(14(15)3)19-21-9-10-29-19/h5-11H,4,12H2,1-3H3. The number of thiazole rings is 1. The number of ketones is 1. The molecule has 0 amide bonds. The molecule has 1 aromatic carbocycles. The van der Waals surface area contributed by atoms with Gasteiger partial charge in [0.1, 0.15) is 11.4 Å². The van der Waals surface area contributed by atoms with Crippen molar-refractivity contribution < 1.29 is 9.53 Å². The molecule has 0 bridgehead atoms. The number of thioether (sulfide) groups is 1. The van der Waals surface area contributed by atoms with E-state index in [0.717, 1.165) is 22.2 Å². The molecule has 8 nitrogen and oxygen atoms in total. The summed E-state index contributed by atoms with van der Waals surface area (Å²) >= 11 is 2.84. The second-order valence-corrected chi connectivity index (χ2v) is 8.24. The number of carbonyl (C=O) groups excluding carboxylic acids is 1. The van der Waals surface area contributed by atoms with Crippen molar-refractivity contribution in [1.82, 2.24) is 29.8 Å². The van der Waals surface area contributed by atoms with Gasteiger partial charge >= 0.3 is 0 Å². The Morgan fingerprint density at radius 1 is 1.27 bits per heavy atom. The second kappa shape index (κ2) is 8.80. The number of hydrogen-bond acceptors (Lipinski definition) is 8. The van der Waals surface area contributed by atoms with Crippen LogP contribution in [0.25, 0.3) is 10.8 Å². The summed E-state index contributed by atoms with van der Waals surface area (Å²) in [6.45, 7) is 6.37. The zero-order chi connectivity index (χ0) is 21.1. The first-order chi connectivity index (χ1) is 14.6. The van der Waals surface area contributed by atoms with E-state index in [0.29, 0.717) is 23.1 Å². The molecule has 0 saturated carbocycles. The molecular weight excluding hydrogens is 420 g/mol. The van der Waals surface area contributed by atoms with Crippen LogP contribution in [0.15, 0.2) is 47.1 Å². The smallest absolute Gasteiger partial charge is 0.214 e. The van der Waals surface area contributed by atoms with Gasteiger partial charge in [-0.05, 0) is 49.4 Å². The van der Waals surface area contributed by atoms with E-state index in [1.54, 1.807) is 10.9 Å². The number of benzene rings is 1. The summed E-state index contributed by atoms with van der Waals surface area (Å²) in [5.41, 5.74) is 3.28. The molecule has 0 saturated heterocycles. The number of Topliss-reactive ketones (excluding diaryl/α,β-unsaturated/α-hetero) is 1. The predicted molar refractivity (Wildman–Crippen MR) is 116 cm³/mol. The fourth-order valence-corrected chi connectivity index (χ4v) is 4.72. The molecule has 0 spiro atoms. The average molecular weight is 441 g/mol. The first kappa shape index (κ1) is 20.3. The van der Waals surface area contributed by atoms with E-state index in [2.05, 4.69) is 20.5 Å². The molecule has 10 heteroatoms. The highest BCUT2D eigenvalue weighted by atomic mass is 32.2. The Hall–Kier alpha value is -2.98. The lowest BCUT2D eigenvalue weighted by Crippen LogP contribution is -2.07. The third-order valence-corrected chi connectivity index (χ3v) is 6.18. The zero-order valence-corrected chi connectivity index (χ0v) is 18.4. The number of aromatic nitrogens is 6. The normalized spacial score (nSPS) is 11.0. The van der Waals surface area contributed by atoms with E-state index >= 15 is 0 Å². The van der Waals surface area contributed by atoms with Crippen LogP contribution in [-0.2, 0) is 0 Å². The Morgan fingerprint density at radius 2 is 2.10 bits per heavy atom. The number of carbonyl (C=O) groups is 1. The number of aryl methyl sites for hydroxylation is 1. The fourth-order valence-electron chi connectivity index (χ4n) is 3.20. The minimum absolute atomic E-state index is 0.0172. The third-order valence-electron chi connectivity index (χ3n) is 4.51. The van der Waals surface area contributed by atoms with E-state index < -0.39 is 0 Å². The van der Waals surface area contributed by atoms with Crippen LogP contribution in [0.2, 0.25) is 0 Å². The molecule has 0 aliphatic heterocycles. The van der Waals surface area contributed by atoms with Gasteiger partial charge in [-0.3, -0.25) is 9.36 Å². The summed E-state index contributed by atoms with van der Waals surface area (Å²) < 4.78 is 9.28. The van der Waals surface area contributed by atoms with Crippen molar-refractivity contribution in [2.75, 3.05) is 12.4 Å². The summed E-state index contributed by atoms with van der Waals surface area (Å²) in [6.07, 6.45) is 1.76. The topological polar surface area (TPSA) is 87.7 Å². The average Bonchev–Trinajstić information content (AvgIpc) is 3.48. The minimum Gasteiger partial charge on any atom is -0.492 e. The number of para-hydroxylation sites is 2. The molecule has 0 N–H and O–H groups in total. The summed E-state index contributed by atoms with van der Waals surface area (Å²) in [4.78, 5) is 17.3. The van der Waals surface area contributed by atoms with Crippen LogP contribution in [0.1, 0.15) is 28.7 Å². The lowest BCUT2D eigenvalue weighted by molar-refractivity contribution is 0.102. The van der Waals surface area contributed by atoms with Crippen LogP contribution >= 0.6 is 23.1 Å². The van der Waals surface area contributed by atoms with Gasteiger partial charge in [-0.2, -0.15) is 4.68 Å². The molecule has 154 valence electrons. The molecule has 3 heterocycles. The number of hydrogen-bond donors (Lipinski definition) is 0. The number of rotatable bonds is 8. The van der Waals surface area contributed by atoms with Crippen molar-refractivity contribution in [3.8, 4) is 16.6 Å². The molecule has 4 rings (SSSR count). The van der Waals surface area contributed by atoms with Gasteiger partial charge in [0.05, 0.1) is 12.4 Å². The lowest BCUT2D eigenvalue weighted by atomic mass is 10.2. The van der Waals surface area contributed by atoms with Crippen molar-refractivity contribution >= 4 is 28.9 Å². The molecular formula is C20H20N6O2S2. The SMILES string of the molecule is CCOc1ccccc1-n1nnnc1SCC(=O)c1cc(C)n(-c2nccs2)c1C. The van der Waals surface area contributed by atoms with Gasteiger partial charge in [-0.25, -0.2) is 4.98 Å². The highest BCUT2D eigenvalue weighted by Gasteiger charge is 2.20. The Balaban J connectivity index is 1.54. The summed E-state index contributed by atoms with van der Waals surface area (Å²) in [6, 6.07) is 9.45. The van der Waals surface area contributed by atoms with E-state index in [4.69, 9.17) is 4.74 Å². The van der Waals surface area contributed by atoms with Gasteiger partial charge in [-0.15, -0.1) is 16.4 Å². The summed E-state index contributed by atoms with van der Waals surface area (Å²) in [5, 5.41) is 15.3. The maximum Gasteiger partial charge on any atom is 0.214 e. The van der Waals surface area contributed by atoms with Crippen LogP contribution in [0.3, 0.4) is 0 Å². The summed E-state index contributed by atoms with van der Waals surface area (Å²) in [7, 11) is 0. The van der Waals surface area contributed by atoms with Crippen LogP contribution in [0.4, 0.5) is 0 Å². The van der Waals surface area contributed by atoms with Crippen molar-refractivity contribution in [1.29, 1.82) is 0 Å². The monoisotopic (exact) mass is 440 g/mol. The van der Waals surface area contributed by atoms with Crippen molar-refractivity contribution in [2.45, 2.75) is 25.9 Å². The highest BCUT2D eigenvalue weighted by molar-refractivity contribution is 7.99. The summed E-state index contributed by atoms with van der Waals surface area (Å²) in [5.74, 6) is 0.926. The van der Waals surface area contributed by atoms with Crippen LogP contribution < -0.4 is 4.74 Å². The Labute approximate surface area is 181 Å². The molecule has 0 aliphatic carbocycles. The largest absolute Gasteiger partial charge is 0.492 e. The third kappa shape index (κ3) is 3.88. The quantitative estimate of drug-likeness (QED) is 0.303. The molecule has 4 aromatic rings. The minimum atomic E-state index is 0.0172. The maximum atomic E-state index is 13.0. The predicted octanol–water partition coefficient (Wildman–Crippen LogP) is 3.90.